The molecule has 1 aromatic carbocycles. The lowest BCUT2D eigenvalue weighted by molar-refractivity contribution is 0.608. The van der Waals surface area contributed by atoms with E-state index in [9.17, 15) is 4.39 Å². The van der Waals surface area contributed by atoms with Gasteiger partial charge in [0.25, 0.3) is 0 Å². The predicted molar refractivity (Wildman–Crippen MR) is 99.9 cm³/mol. The minimum absolute atomic E-state index is 0.265. The van der Waals surface area contributed by atoms with Crippen molar-refractivity contribution < 1.29 is 4.39 Å². The van der Waals surface area contributed by atoms with Crippen molar-refractivity contribution in [2.45, 2.75) is 13.3 Å². The molecular weight excluding hydrogens is 345 g/mol. The van der Waals surface area contributed by atoms with Crippen LogP contribution in [0.4, 0.5) is 10.2 Å². The Hall–Kier alpha value is -3.29. The van der Waals surface area contributed by atoms with E-state index in [-0.39, 0.29) is 5.82 Å². The Balaban J connectivity index is 1.77. The number of nitrogens with zero attached hydrogens (tertiary/aromatic N) is 7. The van der Waals surface area contributed by atoms with Gasteiger partial charge >= 0.3 is 0 Å². The fourth-order valence-corrected chi connectivity index (χ4v) is 3.57. The van der Waals surface area contributed by atoms with Crippen LogP contribution in [-0.2, 0) is 7.05 Å². The lowest BCUT2D eigenvalue weighted by Gasteiger charge is -2.32. The molecule has 136 valence electrons. The van der Waals surface area contributed by atoms with E-state index in [1.165, 1.54) is 12.1 Å². The fraction of sp³-hybridized carbons (Fsp3) is 0.263. The van der Waals surface area contributed by atoms with Crippen LogP contribution in [0.2, 0.25) is 0 Å². The van der Waals surface area contributed by atoms with E-state index in [1.807, 2.05) is 18.5 Å². The second-order valence-electron chi connectivity index (χ2n) is 6.73. The van der Waals surface area contributed by atoms with Gasteiger partial charge in [-0.15, -0.1) is 0 Å². The number of fused-ring (bicyclic) bond motifs is 1. The number of hydrogen-bond acceptors (Lipinski definition) is 5. The first kappa shape index (κ1) is 15.9. The van der Waals surface area contributed by atoms with Gasteiger partial charge in [0.15, 0.2) is 5.82 Å². The summed E-state index contributed by atoms with van der Waals surface area (Å²) in [6.45, 7) is 3.89. The molecule has 4 aromatic rings. The van der Waals surface area contributed by atoms with Gasteiger partial charge in [0.1, 0.15) is 29.2 Å². The van der Waals surface area contributed by atoms with Crippen molar-refractivity contribution in [2.75, 3.05) is 18.0 Å². The SMILES string of the molecule is Cc1nc(-c2cnn(C)c2-c2ccc(F)cc2)c2c(N3CCC3)ncnn12. The topological polar surface area (TPSA) is 64.1 Å². The molecule has 1 aliphatic heterocycles. The third-order valence-electron chi connectivity index (χ3n) is 5.04. The van der Waals surface area contributed by atoms with Crippen LogP contribution in [0.5, 0.6) is 0 Å². The maximum absolute atomic E-state index is 13.4. The molecule has 7 nitrogen and oxygen atoms in total. The van der Waals surface area contributed by atoms with Crippen LogP contribution >= 0.6 is 0 Å². The highest BCUT2D eigenvalue weighted by Crippen LogP contribution is 2.37. The van der Waals surface area contributed by atoms with Gasteiger partial charge < -0.3 is 4.90 Å². The molecule has 1 saturated heterocycles. The smallest absolute Gasteiger partial charge is 0.158 e. The maximum atomic E-state index is 13.4. The lowest BCUT2D eigenvalue weighted by atomic mass is 10.0. The average molecular weight is 363 g/mol. The van der Waals surface area contributed by atoms with Crippen molar-refractivity contribution >= 4 is 11.3 Å². The Morgan fingerprint density at radius 1 is 1.07 bits per heavy atom. The molecule has 0 N–H and O–H groups in total. The Morgan fingerprint density at radius 3 is 2.56 bits per heavy atom. The molecular formula is C19H18FN7. The van der Waals surface area contributed by atoms with Crippen molar-refractivity contribution in [1.29, 1.82) is 0 Å². The number of benzene rings is 1. The number of imidazole rings is 1. The molecule has 0 aliphatic carbocycles. The van der Waals surface area contributed by atoms with Crippen LogP contribution < -0.4 is 4.90 Å². The second kappa shape index (κ2) is 5.87. The van der Waals surface area contributed by atoms with Crippen LogP contribution in [0.1, 0.15) is 12.2 Å². The van der Waals surface area contributed by atoms with Crippen molar-refractivity contribution in [3.63, 3.8) is 0 Å². The Kier molecular flexibility index (Phi) is 3.46. The van der Waals surface area contributed by atoms with Crippen LogP contribution in [-0.4, -0.2) is 42.5 Å². The summed E-state index contributed by atoms with van der Waals surface area (Å²) in [7, 11) is 1.88. The van der Waals surface area contributed by atoms with Crippen molar-refractivity contribution in [2.24, 2.45) is 7.05 Å². The first-order chi connectivity index (χ1) is 13.1. The summed E-state index contributed by atoms with van der Waals surface area (Å²) in [5.41, 5.74) is 4.32. The summed E-state index contributed by atoms with van der Waals surface area (Å²) >= 11 is 0. The molecule has 1 aliphatic rings. The molecule has 0 bridgehead atoms. The Bertz CT molecular complexity index is 1140. The number of aryl methyl sites for hydroxylation is 2. The quantitative estimate of drug-likeness (QED) is 0.560. The molecule has 0 radical (unpaired) electrons. The first-order valence-corrected chi connectivity index (χ1v) is 8.87. The zero-order valence-corrected chi connectivity index (χ0v) is 15.1. The molecule has 0 atom stereocenters. The highest BCUT2D eigenvalue weighted by atomic mass is 19.1. The van der Waals surface area contributed by atoms with Crippen LogP contribution in [0.25, 0.3) is 28.0 Å². The summed E-state index contributed by atoms with van der Waals surface area (Å²) in [6, 6.07) is 6.43. The second-order valence-corrected chi connectivity index (χ2v) is 6.73. The number of anilines is 1. The largest absolute Gasteiger partial charge is 0.355 e. The van der Waals surface area contributed by atoms with Crippen molar-refractivity contribution in [3.8, 4) is 22.5 Å². The lowest BCUT2D eigenvalue weighted by Crippen LogP contribution is -2.38. The van der Waals surface area contributed by atoms with Gasteiger partial charge in [0, 0.05) is 31.3 Å². The van der Waals surface area contributed by atoms with E-state index in [1.54, 1.807) is 29.3 Å². The molecule has 27 heavy (non-hydrogen) atoms. The zero-order valence-electron chi connectivity index (χ0n) is 15.1. The van der Waals surface area contributed by atoms with Crippen LogP contribution in [0.15, 0.2) is 36.8 Å². The monoisotopic (exact) mass is 363 g/mol. The van der Waals surface area contributed by atoms with Gasteiger partial charge in [-0.05, 0) is 37.6 Å². The predicted octanol–water partition coefficient (Wildman–Crippen LogP) is 2.85. The van der Waals surface area contributed by atoms with Crippen LogP contribution in [0.3, 0.4) is 0 Å². The van der Waals surface area contributed by atoms with E-state index in [0.717, 1.165) is 59.2 Å². The summed E-state index contributed by atoms with van der Waals surface area (Å²) in [5, 5.41) is 8.82. The molecule has 8 heteroatoms. The summed E-state index contributed by atoms with van der Waals surface area (Å²) in [4.78, 5) is 11.5. The third-order valence-corrected chi connectivity index (χ3v) is 5.04. The molecule has 0 unspecified atom stereocenters. The van der Waals surface area contributed by atoms with Crippen molar-refractivity contribution in [1.82, 2.24) is 29.4 Å². The highest BCUT2D eigenvalue weighted by molar-refractivity contribution is 5.92. The maximum Gasteiger partial charge on any atom is 0.158 e. The van der Waals surface area contributed by atoms with E-state index in [0.29, 0.717) is 0 Å². The van der Waals surface area contributed by atoms with E-state index in [4.69, 9.17) is 4.98 Å². The number of hydrogen-bond donors (Lipinski definition) is 0. The minimum atomic E-state index is -0.265. The fourth-order valence-electron chi connectivity index (χ4n) is 3.57. The Labute approximate surface area is 155 Å². The average Bonchev–Trinajstić information content (AvgIpc) is 3.16. The van der Waals surface area contributed by atoms with Gasteiger partial charge in [-0.3, -0.25) is 4.68 Å². The zero-order chi connectivity index (χ0) is 18.5. The minimum Gasteiger partial charge on any atom is -0.355 e. The molecule has 0 saturated carbocycles. The molecule has 0 amide bonds. The molecule has 0 spiro atoms. The van der Waals surface area contributed by atoms with Gasteiger partial charge in [0.05, 0.1) is 11.9 Å². The number of rotatable bonds is 3. The van der Waals surface area contributed by atoms with Gasteiger partial charge in [-0.1, -0.05) is 0 Å². The molecule has 1 fully saturated rings. The highest BCUT2D eigenvalue weighted by Gasteiger charge is 2.26. The molecule has 5 rings (SSSR count). The van der Waals surface area contributed by atoms with Crippen LogP contribution in [0, 0.1) is 12.7 Å². The van der Waals surface area contributed by atoms with Gasteiger partial charge in [-0.25, -0.2) is 18.9 Å². The standard InChI is InChI=1S/C19H18FN7/c1-12-24-16(18-19(26-8-3-9-26)21-11-23-27(12)18)15-10-22-25(2)17(15)13-4-6-14(20)7-5-13/h4-7,10-11H,3,8-9H2,1-2H3. The van der Waals surface area contributed by atoms with Gasteiger partial charge in [0.2, 0.25) is 0 Å². The van der Waals surface area contributed by atoms with E-state index < -0.39 is 0 Å². The first-order valence-electron chi connectivity index (χ1n) is 8.87. The van der Waals surface area contributed by atoms with E-state index in [2.05, 4.69) is 20.1 Å². The summed E-state index contributed by atoms with van der Waals surface area (Å²) < 4.78 is 17.0. The van der Waals surface area contributed by atoms with E-state index >= 15 is 0 Å². The normalized spacial score (nSPS) is 14.0. The van der Waals surface area contributed by atoms with Crippen molar-refractivity contribution in [3.05, 3.63) is 48.4 Å². The third kappa shape index (κ3) is 2.40. The number of halogens is 1. The molecule has 3 aromatic heterocycles. The summed E-state index contributed by atoms with van der Waals surface area (Å²) in [5.74, 6) is 1.41. The summed E-state index contributed by atoms with van der Waals surface area (Å²) in [6.07, 6.45) is 4.53. The Morgan fingerprint density at radius 2 is 1.85 bits per heavy atom. The molecule has 4 heterocycles. The van der Waals surface area contributed by atoms with Gasteiger partial charge in [-0.2, -0.15) is 10.2 Å². The number of aromatic nitrogens is 6.